The van der Waals surface area contributed by atoms with Crippen molar-refractivity contribution in [2.24, 2.45) is 0 Å². The molecule has 0 radical (unpaired) electrons. The maximum Gasteiger partial charge on any atom is 0.258 e. The van der Waals surface area contributed by atoms with Crippen LogP contribution in [0.2, 0.25) is 0 Å². The third-order valence-corrected chi connectivity index (χ3v) is 1.84. The first-order valence-corrected chi connectivity index (χ1v) is 2.92. The molecule has 1 aliphatic rings. The average molecular weight is 137 g/mol. The number of hydrogen-bond acceptors (Lipinski definition) is 1. The Morgan fingerprint density at radius 1 is 1.62 bits per heavy atom. The Morgan fingerprint density at radius 3 is 2.12 bits per heavy atom. The molecule has 0 N–H and O–H groups in total. The van der Waals surface area contributed by atoms with E-state index >= 15 is 0 Å². The van der Waals surface area contributed by atoms with Crippen LogP contribution in [0.4, 0.5) is 4.39 Å². The SMILES string of the molecule is O=C(Cl)C1(F)CCC1. The topological polar surface area (TPSA) is 17.1 Å². The first kappa shape index (κ1) is 6.02. The maximum absolute atomic E-state index is 12.5. The second kappa shape index (κ2) is 1.69. The molecule has 0 aromatic heterocycles. The second-order valence-corrected chi connectivity index (χ2v) is 2.44. The average Bonchev–Trinajstić information content (AvgIpc) is 1.60. The fourth-order valence-electron chi connectivity index (χ4n) is 0.684. The number of halogens is 2. The summed E-state index contributed by atoms with van der Waals surface area (Å²) < 4.78 is 12.5. The minimum Gasteiger partial charge on any atom is -0.278 e. The lowest BCUT2D eigenvalue weighted by Gasteiger charge is -2.29. The lowest BCUT2D eigenvalue weighted by molar-refractivity contribution is -0.127. The van der Waals surface area contributed by atoms with Gasteiger partial charge in [-0.15, -0.1) is 0 Å². The number of hydrogen-bond donors (Lipinski definition) is 0. The first-order chi connectivity index (χ1) is 3.65. The molecule has 0 aromatic rings. The van der Waals surface area contributed by atoms with Gasteiger partial charge in [-0.05, 0) is 30.9 Å². The number of carbonyl (C=O) groups excluding carboxylic acids is 1. The van der Waals surface area contributed by atoms with E-state index in [0.29, 0.717) is 12.8 Å². The smallest absolute Gasteiger partial charge is 0.258 e. The molecule has 1 saturated carbocycles. The lowest BCUT2D eigenvalue weighted by Crippen LogP contribution is -2.37. The lowest BCUT2D eigenvalue weighted by atomic mass is 9.83. The van der Waals surface area contributed by atoms with Gasteiger partial charge in [0.2, 0.25) is 0 Å². The van der Waals surface area contributed by atoms with Crippen molar-refractivity contribution in [1.82, 2.24) is 0 Å². The predicted octanol–water partition coefficient (Wildman–Crippen LogP) is 1.64. The zero-order valence-electron chi connectivity index (χ0n) is 4.29. The van der Waals surface area contributed by atoms with E-state index in [0.717, 1.165) is 6.42 Å². The molecular formula is C5H6ClFO. The van der Waals surface area contributed by atoms with Crippen molar-refractivity contribution in [3.8, 4) is 0 Å². The molecule has 1 nitrogen and oxygen atoms in total. The summed E-state index contributed by atoms with van der Waals surface area (Å²) in [6, 6.07) is 0. The maximum atomic E-state index is 12.5. The summed E-state index contributed by atoms with van der Waals surface area (Å²) in [5.41, 5.74) is -1.65. The van der Waals surface area contributed by atoms with E-state index in [4.69, 9.17) is 11.6 Å². The quantitative estimate of drug-likeness (QED) is 0.501. The van der Waals surface area contributed by atoms with Gasteiger partial charge in [0.05, 0.1) is 0 Å². The fraction of sp³-hybridized carbons (Fsp3) is 0.800. The molecule has 0 heterocycles. The molecule has 1 aliphatic carbocycles. The summed E-state index contributed by atoms with van der Waals surface area (Å²) in [7, 11) is 0. The van der Waals surface area contributed by atoms with Crippen LogP contribution in [0.3, 0.4) is 0 Å². The second-order valence-electron chi connectivity index (χ2n) is 2.09. The number of rotatable bonds is 1. The van der Waals surface area contributed by atoms with Crippen molar-refractivity contribution < 1.29 is 9.18 Å². The fourth-order valence-corrected chi connectivity index (χ4v) is 0.873. The van der Waals surface area contributed by atoms with Crippen LogP contribution < -0.4 is 0 Å². The van der Waals surface area contributed by atoms with E-state index in [9.17, 15) is 9.18 Å². The molecular weight excluding hydrogens is 131 g/mol. The monoisotopic (exact) mass is 136 g/mol. The molecule has 0 aliphatic heterocycles. The van der Waals surface area contributed by atoms with Crippen molar-refractivity contribution in [1.29, 1.82) is 0 Å². The highest BCUT2D eigenvalue weighted by molar-refractivity contribution is 6.65. The molecule has 0 amide bonds. The Bertz CT molecular complexity index is 120. The Labute approximate surface area is 51.8 Å². The summed E-state index contributed by atoms with van der Waals surface area (Å²) in [6.07, 6.45) is 1.42. The largest absolute Gasteiger partial charge is 0.278 e. The van der Waals surface area contributed by atoms with Gasteiger partial charge in [-0.3, -0.25) is 4.79 Å². The minimum absolute atomic E-state index is 0.315. The molecule has 0 saturated heterocycles. The van der Waals surface area contributed by atoms with Crippen LogP contribution in [0.25, 0.3) is 0 Å². The molecule has 3 heteroatoms. The molecule has 0 unspecified atom stereocenters. The van der Waals surface area contributed by atoms with E-state index in [1.54, 1.807) is 0 Å². The van der Waals surface area contributed by atoms with Crippen LogP contribution in [0.15, 0.2) is 0 Å². The predicted molar refractivity (Wildman–Crippen MR) is 28.5 cm³/mol. The first-order valence-electron chi connectivity index (χ1n) is 2.54. The standard InChI is InChI=1S/C5H6ClFO/c6-4(8)5(7)2-1-3-5/h1-3H2. The summed E-state index contributed by atoms with van der Waals surface area (Å²) in [5.74, 6) is 0. The van der Waals surface area contributed by atoms with Gasteiger partial charge in [-0.1, -0.05) is 0 Å². The molecule has 46 valence electrons. The third kappa shape index (κ3) is 0.730. The van der Waals surface area contributed by atoms with Crippen molar-refractivity contribution in [2.45, 2.75) is 24.9 Å². The van der Waals surface area contributed by atoms with Crippen LogP contribution in [0.5, 0.6) is 0 Å². The van der Waals surface area contributed by atoms with Gasteiger partial charge in [0.25, 0.3) is 5.24 Å². The van der Waals surface area contributed by atoms with Crippen LogP contribution in [0.1, 0.15) is 19.3 Å². The van der Waals surface area contributed by atoms with Gasteiger partial charge in [0, 0.05) is 0 Å². The number of carbonyl (C=O) groups is 1. The van der Waals surface area contributed by atoms with Crippen LogP contribution in [0, 0.1) is 0 Å². The van der Waals surface area contributed by atoms with Crippen molar-refractivity contribution in [3.05, 3.63) is 0 Å². The van der Waals surface area contributed by atoms with Gasteiger partial charge in [-0.25, -0.2) is 4.39 Å². The molecule has 0 atom stereocenters. The third-order valence-electron chi connectivity index (χ3n) is 1.50. The summed E-state index contributed by atoms with van der Waals surface area (Å²) >= 11 is 4.91. The van der Waals surface area contributed by atoms with E-state index in [1.165, 1.54) is 0 Å². The van der Waals surface area contributed by atoms with Crippen LogP contribution in [-0.4, -0.2) is 10.9 Å². The summed E-state index contributed by atoms with van der Waals surface area (Å²) in [6.45, 7) is 0. The van der Waals surface area contributed by atoms with Crippen molar-refractivity contribution in [2.75, 3.05) is 0 Å². The Kier molecular flexibility index (Phi) is 1.27. The Balaban J connectivity index is 2.53. The zero-order chi connectivity index (χ0) is 6.20. The highest BCUT2D eigenvalue weighted by Gasteiger charge is 2.43. The summed E-state index contributed by atoms with van der Waals surface area (Å²) in [5, 5.41) is -0.830. The van der Waals surface area contributed by atoms with Gasteiger partial charge in [0.1, 0.15) is 0 Å². The van der Waals surface area contributed by atoms with E-state index in [2.05, 4.69) is 0 Å². The molecule has 0 bridgehead atoms. The van der Waals surface area contributed by atoms with Gasteiger partial charge < -0.3 is 0 Å². The highest BCUT2D eigenvalue weighted by Crippen LogP contribution is 2.37. The van der Waals surface area contributed by atoms with Gasteiger partial charge in [0.15, 0.2) is 5.67 Å². The highest BCUT2D eigenvalue weighted by atomic mass is 35.5. The van der Waals surface area contributed by atoms with Gasteiger partial charge in [-0.2, -0.15) is 0 Å². The van der Waals surface area contributed by atoms with Gasteiger partial charge >= 0.3 is 0 Å². The van der Waals surface area contributed by atoms with Crippen molar-refractivity contribution in [3.63, 3.8) is 0 Å². The van der Waals surface area contributed by atoms with E-state index in [1.807, 2.05) is 0 Å². The molecule has 8 heavy (non-hydrogen) atoms. The minimum atomic E-state index is -1.65. The summed E-state index contributed by atoms with van der Waals surface area (Å²) in [4.78, 5) is 10.1. The van der Waals surface area contributed by atoms with Crippen LogP contribution in [-0.2, 0) is 4.79 Å². The van der Waals surface area contributed by atoms with Crippen molar-refractivity contribution >= 4 is 16.8 Å². The Hall–Kier alpha value is -0.110. The number of alkyl halides is 1. The van der Waals surface area contributed by atoms with Crippen LogP contribution >= 0.6 is 11.6 Å². The normalized spacial score (nSPS) is 24.2. The molecule has 0 spiro atoms. The molecule has 0 aromatic carbocycles. The zero-order valence-corrected chi connectivity index (χ0v) is 5.04. The molecule has 1 fully saturated rings. The van der Waals surface area contributed by atoms with E-state index < -0.39 is 10.9 Å². The Morgan fingerprint density at radius 2 is 2.12 bits per heavy atom. The van der Waals surface area contributed by atoms with E-state index in [-0.39, 0.29) is 0 Å². The molecule has 1 rings (SSSR count).